The molecular formula is C20H26O6S2. The molecule has 0 aliphatic carbocycles. The summed E-state index contributed by atoms with van der Waals surface area (Å²) in [5.74, 6) is 0. The Morgan fingerprint density at radius 3 is 1.68 bits per heavy atom. The van der Waals surface area contributed by atoms with Crippen molar-refractivity contribution in [2.24, 2.45) is 0 Å². The minimum absolute atomic E-state index is 0.0140. The normalized spacial score (nSPS) is 14.5. The van der Waals surface area contributed by atoms with Gasteiger partial charge >= 0.3 is 0 Å². The first-order chi connectivity index (χ1) is 13.3. The fraction of sp³-hybridized carbons (Fsp3) is 0.400. The predicted octanol–water partition coefficient (Wildman–Crippen LogP) is 4.13. The third-order valence-corrected chi connectivity index (χ3v) is 6.96. The molecule has 0 amide bonds. The summed E-state index contributed by atoms with van der Waals surface area (Å²) in [7, 11) is -8.07. The van der Waals surface area contributed by atoms with Crippen LogP contribution < -0.4 is 0 Å². The summed E-state index contributed by atoms with van der Waals surface area (Å²) in [6.07, 6.45) is 0.991. The van der Waals surface area contributed by atoms with Gasteiger partial charge in [-0.25, -0.2) is 0 Å². The molecule has 0 N–H and O–H groups in total. The monoisotopic (exact) mass is 426 g/mol. The van der Waals surface area contributed by atoms with Crippen molar-refractivity contribution in [3.63, 3.8) is 0 Å². The van der Waals surface area contributed by atoms with Gasteiger partial charge in [-0.3, -0.25) is 8.37 Å². The molecule has 2 rings (SSSR count). The van der Waals surface area contributed by atoms with E-state index in [-0.39, 0.29) is 9.79 Å². The fourth-order valence-corrected chi connectivity index (χ4v) is 4.97. The lowest BCUT2D eigenvalue weighted by molar-refractivity contribution is 0.0668. The molecule has 0 aliphatic rings. The lowest BCUT2D eigenvalue weighted by Crippen LogP contribution is -2.33. The molecule has 8 heteroatoms. The van der Waals surface area contributed by atoms with Crippen molar-refractivity contribution >= 4 is 20.2 Å². The smallest absolute Gasteiger partial charge is 0.261 e. The molecule has 0 bridgehead atoms. The highest BCUT2D eigenvalue weighted by Crippen LogP contribution is 2.23. The number of benzene rings is 2. The number of unbranched alkanes of at least 4 members (excludes halogenated alkanes) is 2. The second-order valence-corrected chi connectivity index (χ2v) is 9.61. The summed E-state index contributed by atoms with van der Waals surface area (Å²) < 4.78 is 60.8. The predicted molar refractivity (Wildman–Crippen MR) is 107 cm³/mol. The molecule has 0 aromatic heterocycles. The van der Waals surface area contributed by atoms with Crippen molar-refractivity contribution < 1.29 is 25.2 Å². The van der Waals surface area contributed by atoms with Gasteiger partial charge in [-0.15, -0.1) is 0 Å². The van der Waals surface area contributed by atoms with Gasteiger partial charge in [0.25, 0.3) is 20.2 Å². The molecule has 154 valence electrons. The maximum absolute atomic E-state index is 12.6. The summed E-state index contributed by atoms with van der Waals surface area (Å²) >= 11 is 0. The van der Waals surface area contributed by atoms with E-state index in [4.69, 9.17) is 8.37 Å². The van der Waals surface area contributed by atoms with Crippen molar-refractivity contribution in [2.45, 2.75) is 61.5 Å². The molecule has 0 saturated carbocycles. The molecule has 0 aliphatic heterocycles. The summed E-state index contributed by atoms with van der Waals surface area (Å²) in [6, 6.07) is 15.5. The Labute approximate surface area is 167 Å². The zero-order valence-electron chi connectivity index (χ0n) is 16.0. The topological polar surface area (TPSA) is 86.7 Å². The van der Waals surface area contributed by atoms with Crippen LogP contribution in [0.2, 0.25) is 0 Å². The number of hydrogen-bond donors (Lipinski definition) is 0. The molecule has 0 radical (unpaired) electrons. The quantitative estimate of drug-likeness (QED) is 0.396. The van der Waals surface area contributed by atoms with Crippen LogP contribution in [0.15, 0.2) is 70.5 Å². The molecule has 0 heterocycles. The van der Waals surface area contributed by atoms with Crippen molar-refractivity contribution in [2.75, 3.05) is 0 Å². The van der Waals surface area contributed by atoms with Crippen LogP contribution in [-0.2, 0) is 28.6 Å². The van der Waals surface area contributed by atoms with E-state index in [2.05, 4.69) is 0 Å². The maximum atomic E-state index is 12.6. The van der Waals surface area contributed by atoms with E-state index in [9.17, 15) is 16.8 Å². The van der Waals surface area contributed by atoms with Gasteiger partial charge < -0.3 is 0 Å². The first-order valence-corrected chi connectivity index (χ1v) is 12.0. The molecule has 6 nitrogen and oxygen atoms in total. The van der Waals surface area contributed by atoms with Crippen LogP contribution in [0.25, 0.3) is 0 Å². The van der Waals surface area contributed by atoms with E-state index in [1.807, 2.05) is 6.92 Å². The minimum Gasteiger partial charge on any atom is -0.261 e. The third kappa shape index (κ3) is 6.41. The molecule has 2 atom stereocenters. The van der Waals surface area contributed by atoms with Gasteiger partial charge in [0.15, 0.2) is 0 Å². The largest absolute Gasteiger partial charge is 0.297 e. The van der Waals surface area contributed by atoms with E-state index in [0.717, 1.165) is 12.8 Å². The molecule has 2 aromatic carbocycles. The Morgan fingerprint density at radius 1 is 0.750 bits per heavy atom. The summed E-state index contributed by atoms with van der Waals surface area (Å²) in [5, 5.41) is 0. The minimum atomic E-state index is -4.04. The molecule has 0 saturated heterocycles. The molecular weight excluding hydrogens is 400 g/mol. The maximum Gasteiger partial charge on any atom is 0.297 e. The van der Waals surface area contributed by atoms with Gasteiger partial charge in [-0.05, 0) is 37.6 Å². The second-order valence-electron chi connectivity index (χ2n) is 6.47. The number of hydrogen-bond acceptors (Lipinski definition) is 6. The van der Waals surface area contributed by atoms with Gasteiger partial charge in [-0.2, -0.15) is 16.8 Å². The Morgan fingerprint density at radius 2 is 1.21 bits per heavy atom. The Kier molecular flexibility index (Phi) is 8.18. The van der Waals surface area contributed by atoms with Crippen LogP contribution in [0.4, 0.5) is 0 Å². The van der Waals surface area contributed by atoms with Crippen LogP contribution in [0.3, 0.4) is 0 Å². The standard InChI is InChI=1S/C20H26O6S2/c1-3-4-7-16-20(26-28(23,24)19-14-10-6-11-15-19)17(2)25-27(21,22)18-12-8-5-9-13-18/h5-6,8-15,17,20H,3-4,7,16H2,1-2H3. The average molecular weight is 427 g/mol. The van der Waals surface area contributed by atoms with Gasteiger partial charge in [0, 0.05) is 0 Å². The first-order valence-electron chi connectivity index (χ1n) is 9.23. The summed E-state index contributed by atoms with van der Waals surface area (Å²) in [5.41, 5.74) is 0. The average Bonchev–Trinajstić information content (AvgIpc) is 2.68. The van der Waals surface area contributed by atoms with E-state index >= 15 is 0 Å². The van der Waals surface area contributed by atoms with Crippen molar-refractivity contribution in [1.82, 2.24) is 0 Å². The van der Waals surface area contributed by atoms with E-state index in [1.165, 1.54) is 31.2 Å². The molecule has 2 aromatic rings. The third-order valence-electron chi connectivity index (χ3n) is 4.21. The van der Waals surface area contributed by atoms with Gasteiger partial charge in [-0.1, -0.05) is 62.6 Å². The van der Waals surface area contributed by atoms with E-state index in [1.54, 1.807) is 36.4 Å². The van der Waals surface area contributed by atoms with E-state index in [0.29, 0.717) is 12.8 Å². The van der Waals surface area contributed by atoms with Gasteiger partial charge in [0.05, 0.1) is 9.79 Å². The lowest BCUT2D eigenvalue weighted by Gasteiger charge is -2.23. The zero-order valence-corrected chi connectivity index (χ0v) is 17.7. The molecule has 2 unspecified atom stereocenters. The van der Waals surface area contributed by atoms with Crippen LogP contribution >= 0.6 is 0 Å². The molecule has 0 fully saturated rings. The van der Waals surface area contributed by atoms with E-state index < -0.39 is 32.4 Å². The zero-order chi connectivity index (χ0) is 20.6. The molecule has 0 spiro atoms. The van der Waals surface area contributed by atoms with Crippen molar-refractivity contribution in [1.29, 1.82) is 0 Å². The van der Waals surface area contributed by atoms with Crippen LogP contribution in [0, 0.1) is 0 Å². The number of rotatable bonds is 11. The Bertz CT molecular complexity index is 925. The summed E-state index contributed by atoms with van der Waals surface area (Å²) in [4.78, 5) is 0.0358. The van der Waals surface area contributed by atoms with Crippen LogP contribution in [-0.4, -0.2) is 29.0 Å². The first kappa shape index (κ1) is 22.5. The highest BCUT2D eigenvalue weighted by Gasteiger charge is 2.30. The van der Waals surface area contributed by atoms with Crippen LogP contribution in [0.1, 0.15) is 39.5 Å². The van der Waals surface area contributed by atoms with Crippen molar-refractivity contribution in [3.8, 4) is 0 Å². The Balaban J connectivity index is 2.19. The van der Waals surface area contributed by atoms with Crippen LogP contribution in [0.5, 0.6) is 0 Å². The van der Waals surface area contributed by atoms with Crippen molar-refractivity contribution in [3.05, 3.63) is 60.7 Å². The highest BCUT2D eigenvalue weighted by molar-refractivity contribution is 7.87. The second kappa shape index (κ2) is 10.2. The SMILES string of the molecule is CCCCCC(OS(=O)(=O)c1ccccc1)C(C)OS(=O)(=O)c1ccccc1. The Hall–Kier alpha value is -1.74. The lowest BCUT2D eigenvalue weighted by atomic mass is 10.1. The van der Waals surface area contributed by atoms with Gasteiger partial charge in [0.1, 0.15) is 12.2 Å². The van der Waals surface area contributed by atoms with Gasteiger partial charge in [0.2, 0.25) is 0 Å². The summed E-state index contributed by atoms with van der Waals surface area (Å²) in [6.45, 7) is 3.54. The fourth-order valence-electron chi connectivity index (χ4n) is 2.67. The highest BCUT2D eigenvalue weighted by atomic mass is 32.2. The molecule has 28 heavy (non-hydrogen) atoms.